The highest BCUT2D eigenvalue weighted by atomic mass is 19.4. The molecule has 3 unspecified atom stereocenters. The zero-order chi connectivity index (χ0) is 25.5. The SMILES string of the molecule is CCCCC(CC(C)OC(F)(F)C(F)(OCF)C(F)(F)F)OC(F)(F)F.CF.FCF. The molecule has 192 valence electrons. The second-order valence-electron chi connectivity index (χ2n) is 5.46. The van der Waals surface area contributed by atoms with Gasteiger partial charge in [-0.2, -0.15) is 26.3 Å². The molecule has 0 spiro atoms. The van der Waals surface area contributed by atoms with E-state index in [4.69, 9.17) is 0 Å². The largest absolute Gasteiger partial charge is 0.522 e. The van der Waals surface area contributed by atoms with Crippen LogP contribution in [0.3, 0.4) is 0 Å². The van der Waals surface area contributed by atoms with Crippen molar-refractivity contribution in [3.8, 4) is 0 Å². The van der Waals surface area contributed by atoms with Crippen molar-refractivity contribution in [3.05, 3.63) is 0 Å². The van der Waals surface area contributed by atoms with Crippen molar-refractivity contribution < 1.29 is 71.3 Å². The van der Waals surface area contributed by atoms with Gasteiger partial charge in [0.25, 0.3) is 0 Å². The smallest absolute Gasteiger partial charge is 0.312 e. The van der Waals surface area contributed by atoms with Gasteiger partial charge in [-0.15, -0.1) is 13.2 Å². The molecule has 31 heavy (non-hydrogen) atoms. The summed E-state index contributed by atoms with van der Waals surface area (Å²) in [6.07, 6.45) is -21.5. The number of ether oxygens (including phenoxy) is 3. The van der Waals surface area contributed by atoms with Crippen LogP contribution in [0.15, 0.2) is 0 Å². The van der Waals surface area contributed by atoms with Gasteiger partial charge in [-0.25, -0.2) is 13.2 Å². The van der Waals surface area contributed by atoms with E-state index in [-0.39, 0.29) is 12.8 Å². The minimum absolute atomic E-state index is 0.199. The first-order chi connectivity index (χ1) is 14.0. The first-order valence-corrected chi connectivity index (χ1v) is 8.26. The van der Waals surface area contributed by atoms with Gasteiger partial charge in [0.05, 0.1) is 19.4 Å². The maximum atomic E-state index is 13.6. The maximum absolute atomic E-state index is 13.6. The Balaban J connectivity index is -0.00000143. The zero-order valence-electron chi connectivity index (χ0n) is 16.5. The number of hydrogen-bond acceptors (Lipinski definition) is 3. The highest BCUT2D eigenvalue weighted by Gasteiger charge is 2.75. The Kier molecular flexibility index (Phi) is 17.5. The Morgan fingerprint density at radius 3 is 1.58 bits per heavy atom. The van der Waals surface area contributed by atoms with Crippen molar-refractivity contribution >= 4 is 0 Å². The highest BCUT2D eigenvalue weighted by molar-refractivity contribution is 4.87. The summed E-state index contributed by atoms with van der Waals surface area (Å²) in [5, 5.41) is 0. The molecular weight excluding hydrogens is 475 g/mol. The van der Waals surface area contributed by atoms with Gasteiger partial charge in [0.15, 0.2) is 6.86 Å². The Hall–Kier alpha value is -1.03. The highest BCUT2D eigenvalue weighted by Crippen LogP contribution is 2.47. The molecule has 0 amide bonds. The van der Waals surface area contributed by atoms with Crippen molar-refractivity contribution in [2.24, 2.45) is 0 Å². The lowest BCUT2D eigenvalue weighted by Gasteiger charge is -2.35. The van der Waals surface area contributed by atoms with Crippen LogP contribution in [-0.4, -0.2) is 57.7 Å². The first kappa shape index (κ1) is 34.6. The van der Waals surface area contributed by atoms with E-state index >= 15 is 0 Å². The van der Waals surface area contributed by atoms with Crippen molar-refractivity contribution in [1.82, 2.24) is 0 Å². The van der Waals surface area contributed by atoms with E-state index in [9.17, 15) is 57.1 Å². The molecule has 0 saturated carbocycles. The fourth-order valence-corrected chi connectivity index (χ4v) is 2.00. The Morgan fingerprint density at radius 2 is 1.26 bits per heavy atom. The third-order valence-electron chi connectivity index (χ3n) is 3.12. The topological polar surface area (TPSA) is 27.7 Å². The third-order valence-corrected chi connectivity index (χ3v) is 3.12. The van der Waals surface area contributed by atoms with Crippen LogP contribution in [0.1, 0.15) is 39.5 Å². The van der Waals surface area contributed by atoms with Crippen molar-refractivity contribution in [2.75, 3.05) is 21.0 Å². The fourth-order valence-electron chi connectivity index (χ4n) is 2.00. The van der Waals surface area contributed by atoms with Gasteiger partial charge in [-0.3, -0.25) is 9.13 Å². The van der Waals surface area contributed by atoms with Crippen LogP contribution >= 0.6 is 0 Å². The first-order valence-electron chi connectivity index (χ1n) is 8.26. The summed E-state index contributed by atoms with van der Waals surface area (Å²) in [5.41, 5.74) is 0. The van der Waals surface area contributed by atoms with E-state index in [0.717, 1.165) is 0 Å². The normalized spacial score (nSPS) is 16.3. The molecule has 16 heteroatoms. The Bertz CT molecular complexity index is 431. The molecule has 0 radical (unpaired) electrons. The molecule has 3 nitrogen and oxygen atoms in total. The quantitative estimate of drug-likeness (QED) is 0.284. The molecule has 0 aromatic rings. The maximum Gasteiger partial charge on any atom is 0.522 e. The summed E-state index contributed by atoms with van der Waals surface area (Å²) in [5.74, 6) is -5.81. The van der Waals surface area contributed by atoms with E-state index in [1.54, 1.807) is 6.92 Å². The molecule has 0 N–H and O–H groups in total. The average Bonchev–Trinajstić information content (AvgIpc) is 2.59. The number of hydrogen-bond donors (Lipinski definition) is 0. The summed E-state index contributed by atoms with van der Waals surface area (Å²) in [6.45, 7) is -1.98. The van der Waals surface area contributed by atoms with E-state index < -0.39 is 56.9 Å². The fraction of sp³-hybridized carbons (Fsp3) is 1.00. The standard InChI is InChI=1S/C13H18F10O3.CH2F2.CH3F/c1-3-4-5-9(26-13(21,22)23)6-8(2)25-12(19,20)10(15,24-7-14)11(16,17)18;2-1-3;1-2/h8-9H,3-7H2,1-2H3;1H2;1H3. The minimum Gasteiger partial charge on any atom is -0.312 e. The number of rotatable bonds is 11. The lowest BCUT2D eigenvalue weighted by Crippen LogP contribution is -2.59. The average molecular weight is 498 g/mol. The van der Waals surface area contributed by atoms with E-state index in [2.05, 4.69) is 14.2 Å². The van der Waals surface area contributed by atoms with Crippen molar-refractivity contribution in [3.63, 3.8) is 0 Å². The number of halogens is 13. The summed E-state index contributed by atoms with van der Waals surface area (Å²) >= 11 is 0. The van der Waals surface area contributed by atoms with Crippen LogP contribution in [0.4, 0.5) is 57.1 Å². The van der Waals surface area contributed by atoms with Crippen LogP contribution in [0.2, 0.25) is 0 Å². The predicted octanol–water partition coefficient (Wildman–Crippen LogP) is 7.11. The summed E-state index contributed by atoms with van der Waals surface area (Å²) in [4.78, 5) is 0. The van der Waals surface area contributed by atoms with Crippen LogP contribution in [-0.2, 0) is 14.2 Å². The van der Waals surface area contributed by atoms with Crippen molar-refractivity contribution in [1.29, 1.82) is 0 Å². The van der Waals surface area contributed by atoms with Gasteiger partial charge in [0.1, 0.15) is 0 Å². The van der Waals surface area contributed by atoms with E-state index in [1.807, 2.05) is 0 Å². The molecule has 0 rings (SSSR count). The van der Waals surface area contributed by atoms with Crippen LogP contribution in [0, 0.1) is 0 Å². The van der Waals surface area contributed by atoms with Gasteiger partial charge in [-0.1, -0.05) is 19.8 Å². The summed E-state index contributed by atoms with van der Waals surface area (Å²) in [7, 11) is 0.500. The zero-order valence-corrected chi connectivity index (χ0v) is 16.5. The minimum atomic E-state index is -6.37. The predicted molar refractivity (Wildman–Crippen MR) is 81.6 cm³/mol. The van der Waals surface area contributed by atoms with Gasteiger partial charge in [-0.05, 0) is 13.3 Å². The van der Waals surface area contributed by atoms with E-state index in [0.29, 0.717) is 20.5 Å². The third kappa shape index (κ3) is 13.9. The van der Waals surface area contributed by atoms with Gasteiger partial charge < -0.3 is 9.47 Å². The molecule has 0 bridgehead atoms. The molecular formula is C15H23F13O3. The molecule has 0 aliphatic rings. The molecule has 3 atom stereocenters. The van der Waals surface area contributed by atoms with Crippen molar-refractivity contribution in [2.45, 2.75) is 76.2 Å². The molecule has 0 aromatic heterocycles. The molecule has 0 aliphatic heterocycles. The van der Waals surface area contributed by atoms with Crippen LogP contribution in [0.5, 0.6) is 0 Å². The monoisotopic (exact) mass is 498 g/mol. The second kappa shape index (κ2) is 15.7. The molecule has 0 saturated heterocycles. The number of unbranched alkanes of at least 4 members (excludes halogenated alkanes) is 1. The molecule has 0 aliphatic carbocycles. The van der Waals surface area contributed by atoms with Crippen LogP contribution in [0.25, 0.3) is 0 Å². The van der Waals surface area contributed by atoms with E-state index in [1.165, 1.54) is 0 Å². The second-order valence-corrected chi connectivity index (χ2v) is 5.46. The Morgan fingerprint density at radius 1 is 0.806 bits per heavy atom. The number of alkyl halides is 13. The van der Waals surface area contributed by atoms with Crippen LogP contribution < -0.4 is 0 Å². The van der Waals surface area contributed by atoms with Gasteiger partial charge in [0, 0.05) is 6.42 Å². The summed E-state index contributed by atoms with van der Waals surface area (Å²) < 4.78 is 166. The lowest BCUT2D eigenvalue weighted by atomic mass is 10.1. The molecule has 0 aromatic carbocycles. The van der Waals surface area contributed by atoms with Gasteiger partial charge >= 0.3 is 24.5 Å². The van der Waals surface area contributed by atoms with Gasteiger partial charge in [0.2, 0.25) is 6.93 Å². The molecule has 0 fully saturated rings. The lowest BCUT2D eigenvalue weighted by molar-refractivity contribution is -0.469. The Labute approximate surface area is 169 Å². The summed E-state index contributed by atoms with van der Waals surface area (Å²) in [6, 6.07) is 0. The molecule has 0 heterocycles.